The molecule has 1 amide bonds. The average molecular weight is 393 g/mol. The maximum Gasteiger partial charge on any atom is 0.375 e. The number of amides is 1. The lowest BCUT2D eigenvalue weighted by molar-refractivity contribution is -0.138. The van der Waals surface area contributed by atoms with E-state index in [0.717, 1.165) is 18.2 Å². The molecule has 0 radical (unpaired) electrons. The standard InChI is InChI=1S/C23H23NO5/c1-16(22(25)24-13-7-8-14-24)28-23(26)21-19(15-27-17-9-3-2-4-10-17)18-11-5-6-12-20(18)29-21/h2-6,9-12,16H,7-8,13-15H2,1H3/t16-/m0/s1. The van der Waals surface area contributed by atoms with E-state index in [-0.39, 0.29) is 18.3 Å². The van der Waals surface area contributed by atoms with Crippen LogP contribution in [0.5, 0.6) is 5.75 Å². The van der Waals surface area contributed by atoms with E-state index in [1.54, 1.807) is 17.9 Å². The molecule has 0 saturated carbocycles. The number of nitrogens with zero attached hydrogens (tertiary/aromatic N) is 1. The highest BCUT2D eigenvalue weighted by atomic mass is 16.6. The minimum Gasteiger partial charge on any atom is -0.489 e. The third-order valence-electron chi connectivity index (χ3n) is 5.06. The normalized spacial score (nSPS) is 14.7. The second-order valence-corrected chi connectivity index (χ2v) is 7.09. The number of rotatable bonds is 6. The van der Waals surface area contributed by atoms with Gasteiger partial charge in [-0.1, -0.05) is 36.4 Å². The third kappa shape index (κ3) is 4.11. The number of hydrogen-bond donors (Lipinski definition) is 0. The number of para-hydroxylation sites is 2. The SMILES string of the molecule is C[C@H](OC(=O)c1oc2ccccc2c1COc1ccccc1)C(=O)N1CCCC1. The van der Waals surface area contributed by atoms with Gasteiger partial charge in [0, 0.05) is 18.5 Å². The van der Waals surface area contributed by atoms with E-state index in [4.69, 9.17) is 13.9 Å². The summed E-state index contributed by atoms with van der Waals surface area (Å²) in [5, 5.41) is 0.786. The highest BCUT2D eigenvalue weighted by Crippen LogP contribution is 2.28. The van der Waals surface area contributed by atoms with E-state index in [2.05, 4.69) is 0 Å². The number of likely N-dealkylation sites (tertiary alicyclic amines) is 1. The molecule has 6 nitrogen and oxygen atoms in total. The summed E-state index contributed by atoms with van der Waals surface area (Å²) in [6, 6.07) is 16.7. The Kier molecular flexibility index (Phi) is 5.51. The quantitative estimate of drug-likeness (QED) is 0.588. The molecule has 0 N–H and O–H groups in total. The molecular formula is C23H23NO5. The van der Waals surface area contributed by atoms with Crippen molar-refractivity contribution in [3.05, 3.63) is 65.9 Å². The van der Waals surface area contributed by atoms with Crippen LogP contribution in [-0.4, -0.2) is 36.0 Å². The summed E-state index contributed by atoms with van der Waals surface area (Å²) in [5.74, 6) is -0.0696. The first-order valence-electron chi connectivity index (χ1n) is 9.81. The maximum atomic E-state index is 12.8. The number of hydrogen-bond acceptors (Lipinski definition) is 5. The van der Waals surface area contributed by atoms with Gasteiger partial charge in [-0.25, -0.2) is 4.79 Å². The molecule has 1 aliphatic heterocycles. The molecule has 2 heterocycles. The summed E-state index contributed by atoms with van der Waals surface area (Å²) in [6.45, 7) is 3.17. The smallest absolute Gasteiger partial charge is 0.375 e. The van der Waals surface area contributed by atoms with Crippen LogP contribution in [0.2, 0.25) is 0 Å². The Labute approximate surface area is 169 Å². The minimum absolute atomic E-state index is 0.0724. The molecule has 0 aliphatic carbocycles. The molecule has 150 valence electrons. The van der Waals surface area contributed by atoms with Crippen molar-refractivity contribution in [1.29, 1.82) is 0 Å². The highest BCUT2D eigenvalue weighted by molar-refractivity contribution is 5.97. The Morgan fingerprint density at radius 3 is 2.48 bits per heavy atom. The number of carbonyl (C=O) groups is 2. The number of carbonyl (C=O) groups excluding carboxylic acids is 2. The fraction of sp³-hybridized carbons (Fsp3) is 0.304. The van der Waals surface area contributed by atoms with Gasteiger partial charge in [0.2, 0.25) is 5.76 Å². The molecule has 1 atom stereocenters. The molecule has 29 heavy (non-hydrogen) atoms. The van der Waals surface area contributed by atoms with E-state index in [0.29, 0.717) is 30.0 Å². The predicted molar refractivity (Wildman–Crippen MR) is 108 cm³/mol. The van der Waals surface area contributed by atoms with E-state index < -0.39 is 12.1 Å². The second-order valence-electron chi connectivity index (χ2n) is 7.09. The van der Waals surface area contributed by atoms with Gasteiger partial charge in [-0.3, -0.25) is 4.79 Å². The Balaban J connectivity index is 1.55. The lowest BCUT2D eigenvalue weighted by Gasteiger charge is -2.20. The van der Waals surface area contributed by atoms with Crippen LogP contribution in [0.25, 0.3) is 11.0 Å². The van der Waals surface area contributed by atoms with Gasteiger partial charge >= 0.3 is 5.97 Å². The van der Waals surface area contributed by atoms with Gasteiger partial charge in [0.1, 0.15) is 17.9 Å². The summed E-state index contributed by atoms with van der Waals surface area (Å²) in [5.41, 5.74) is 1.18. The molecule has 0 spiro atoms. The second kappa shape index (κ2) is 8.39. The zero-order chi connectivity index (χ0) is 20.2. The third-order valence-corrected chi connectivity index (χ3v) is 5.06. The summed E-state index contributed by atoms with van der Waals surface area (Å²) in [4.78, 5) is 27.0. The van der Waals surface area contributed by atoms with Crippen molar-refractivity contribution >= 4 is 22.8 Å². The van der Waals surface area contributed by atoms with Crippen LogP contribution < -0.4 is 4.74 Å². The molecule has 0 unspecified atom stereocenters. The first-order chi connectivity index (χ1) is 14.1. The van der Waals surface area contributed by atoms with Crippen molar-refractivity contribution in [1.82, 2.24) is 4.90 Å². The van der Waals surface area contributed by atoms with E-state index in [9.17, 15) is 9.59 Å². The zero-order valence-corrected chi connectivity index (χ0v) is 16.3. The predicted octanol–water partition coefficient (Wildman–Crippen LogP) is 4.18. The lowest BCUT2D eigenvalue weighted by atomic mass is 10.1. The molecule has 3 aromatic rings. The average Bonchev–Trinajstić information content (AvgIpc) is 3.40. The molecular weight excluding hydrogens is 370 g/mol. The summed E-state index contributed by atoms with van der Waals surface area (Å²) >= 11 is 0. The van der Waals surface area contributed by atoms with Gasteiger partial charge in [0.05, 0.1) is 5.56 Å². The van der Waals surface area contributed by atoms with Crippen LogP contribution in [0, 0.1) is 0 Å². The van der Waals surface area contributed by atoms with Crippen molar-refractivity contribution in [3.63, 3.8) is 0 Å². The Hall–Kier alpha value is -3.28. The van der Waals surface area contributed by atoms with Crippen LogP contribution in [0.1, 0.15) is 35.9 Å². The van der Waals surface area contributed by atoms with Crippen molar-refractivity contribution in [3.8, 4) is 5.75 Å². The molecule has 1 fully saturated rings. The van der Waals surface area contributed by atoms with E-state index in [1.165, 1.54) is 0 Å². The van der Waals surface area contributed by atoms with Crippen LogP contribution in [0.3, 0.4) is 0 Å². The lowest BCUT2D eigenvalue weighted by Crippen LogP contribution is -2.38. The van der Waals surface area contributed by atoms with Crippen molar-refractivity contribution in [2.24, 2.45) is 0 Å². The Morgan fingerprint density at radius 1 is 1.03 bits per heavy atom. The Morgan fingerprint density at radius 2 is 1.72 bits per heavy atom. The first kappa shape index (κ1) is 19.1. The van der Waals surface area contributed by atoms with Crippen molar-refractivity contribution in [2.75, 3.05) is 13.1 Å². The van der Waals surface area contributed by atoms with Crippen molar-refractivity contribution < 1.29 is 23.5 Å². The molecule has 1 aliphatic rings. The number of benzene rings is 2. The van der Waals surface area contributed by atoms with Gasteiger partial charge in [-0.15, -0.1) is 0 Å². The summed E-state index contributed by atoms with van der Waals surface area (Å²) in [6.07, 6.45) is 1.10. The Bertz CT molecular complexity index is 1000. The molecule has 4 rings (SSSR count). The number of ether oxygens (including phenoxy) is 2. The highest BCUT2D eigenvalue weighted by Gasteiger charge is 2.29. The van der Waals surface area contributed by atoms with Crippen LogP contribution in [0.4, 0.5) is 0 Å². The number of esters is 1. The molecule has 2 aromatic carbocycles. The minimum atomic E-state index is -0.864. The van der Waals surface area contributed by atoms with Crippen LogP contribution >= 0.6 is 0 Å². The van der Waals surface area contributed by atoms with Gasteiger partial charge in [-0.2, -0.15) is 0 Å². The first-order valence-corrected chi connectivity index (χ1v) is 9.81. The van der Waals surface area contributed by atoms with Gasteiger partial charge in [0.15, 0.2) is 6.10 Å². The monoisotopic (exact) mass is 393 g/mol. The topological polar surface area (TPSA) is 69.0 Å². The molecule has 1 aromatic heterocycles. The van der Waals surface area contributed by atoms with Crippen molar-refractivity contribution in [2.45, 2.75) is 32.5 Å². The molecule has 0 bridgehead atoms. The largest absolute Gasteiger partial charge is 0.489 e. The maximum absolute atomic E-state index is 12.8. The van der Waals surface area contributed by atoms with Gasteiger partial charge in [0.25, 0.3) is 5.91 Å². The summed E-state index contributed by atoms with van der Waals surface area (Å²) < 4.78 is 17.1. The molecule has 1 saturated heterocycles. The van der Waals surface area contributed by atoms with Gasteiger partial charge in [-0.05, 0) is 38.0 Å². The summed E-state index contributed by atoms with van der Waals surface area (Å²) in [7, 11) is 0. The number of fused-ring (bicyclic) bond motifs is 1. The fourth-order valence-corrected chi connectivity index (χ4v) is 3.54. The van der Waals surface area contributed by atoms with Crippen LogP contribution in [0.15, 0.2) is 59.0 Å². The van der Waals surface area contributed by atoms with Gasteiger partial charge < -0.3 is 18.8 Å². The van der Waals surface area contributed by atoms with Crippen LogP contribution in [-0.2, 0) is 16.1 Å². The fourth-order valence-electron chi connectivity index (χ4n) is 3.54. The molecule has 6 heteroatoms. The van der Waals surface area contributed by atoms with E-state index >= 15 is 0 Å². The number of furan rings is 1. The van der Waals surface area contributed by atoms with E-state index in [1.807, 2.05) is 48.5 Å². The zero-order valence-electron chi connectivity index (χ0n) is 16.3.